The van der Waals surface area contributed by atoms with Gasteiger partial charge in [-0.2, -0.15) is 0 Å². The Labute approximate surface area is 653 Å². The fraction of sp³-hybridized carbons (Fsp3) is 0.600. The molecule has 1 fully saturated rings. The Bertz CT molecular complexity index is 3230. The van der Waals surface area contributed by atoms with Gasteiger partial charge in [-0.3, -0.25) is 0 Å². The van der Waals surface area contributed by atoms with Crippen LogP contribution in [0.1, 0.15) is 290 Å². The molecule has 1 saturated heterocycles. The maximum Gasteiger partial charge on any atom is 0.187 e. The Morgan fingerprint density at radius 1 is 0.361 bits per heavy atom. The number of hydrogen-bond acceptors (Lipinski definition) is 12. The predicted octanol–water partition coefficient (Wildman–Crippen LogP) is 24.3. The van der Waals surface area contributed by atoms with E-state index < -0.39 is 49.0 Å². The molecule has 0 aliphatic carbocycles. The lowest BCUT2D eigenvalue weighted by Crippen LogP contribution is -2.62. The second-order valence-corrected chi connectivity index (χ2v) is 30.4. The van der Waals surface area contributed by atoms with Crippen molar-refractivity contribution in [2.24, 2.45) is 0 Å². The topological polar surface area (TPSA) is 123 Å². The summed E-state index contributed by atoms with van der Waals surface area (Å²) in [7, 11) is 3.40. The fourth-order valence-corrected chi connectivity index (χ4v) is 14.9. The molecule has 0 saturated carbocycles. The standard InChI is InChI=1S/C95H139N3O10/c1-5-7-9-11-13-15-17-19-20-21-22-23-24-25-26-27-28-29-30-32-34-36-50-60-85-70-98(97-96-85)88(91(103-76-84-64-68-87(100-4)69-65-84)89(102-72-83-62-66-86(99-3)67-63-83)61-51-37-35-33-31-18-16-14-12-10-8-6-2)77-107-95-94(106-75-82-58-48-41-49-59-82)93(105-74-81-56-46-40-47-57-81)92(104-73-80-54-44-39-45-55-80)90(108-95)78-101-71-79-52-42-38-43-53-79/h38-49,52-59,62-70,88-95H,5-37,50-51,60-61,71-78H2,1-4H3/t88-,89+,90+,91-,92-,93-,94+,95-/m0/s1. The molecule has 8 rings (SSSR count). The number of aryl methyl sites for hydroxylation is 1. The summed E-state index contributed by atoms with van der Waals surface area (Å²) in [5.74, 6) is 1.58. The highest BCUT2D eigenvalue weighted by atomic mass is 16.7. The second kappa shape index (κ2) is 56.0. The molecule has 594 valence electrons. The second-order valence-electron chi connectivity index (χ2n) is 30.4. The van der Waals surface area contributed by atoms with Crippen LogP contribution >= 0.6 is 0 Å². The molecule has 0 radical (unpaired) electrons. The molecule has 13 heteroatoms. The number of benzene rings is 6. The number of ether oxygens (including phenoxy) is 10. The van der Waals surface area contributed by atoms with E-state index in [1.165, 1.54) is 199 Å². The third kappa shape index (κ3) is 35.4. The van der Waals surface area contributed by atoms with Gasteiger partial charge in [0.2, 0.25) is 0 Å². The van der Waals surface area contributed by atoms with Crippen LogP contribution in [0.3, 0.4) is 0 Å². The Kier molecular flexibility index (Phi) is 45.3. The summed E-state index contributed by atoms with van der Waals surface area (Å²) < 4.78 is 71.3. The monoisotopic (exact) mass is 1480 g/mol. The van der Waals surface area contributed by atoms with Gasteiger partial charge >= 0.3 is 0 Å². The summed E-state index contributed by atoms with van der Waals surface area (Å²) >= 11 is 0. The first-order chi connectivity index (χ1) is 53.5. The van der Waals surface area contributed by atoms with Gasteiger partial charge in [0.1, 0.15) is 48.1 Å². The highest BCUT2D eigenvalue weighted by Gasteiger charge is 2.50. The number of hydrogen-bond donors (Lipinski definition) is 0. The van der Waals surface area contributed by atoms with Gasteiger partial charge in [-0.15, -0.1) is 5.10 Å². The average Bonchev–Trinajstić information content (AvgIpc) is 1.03. The molecule has 1 aliphatic rings. The van der Waals surface area contributed by atoms with Crippen molar-refractivity contribution >= 4 is 0 Å². The molecule has 8 atom stereocenters. The van der Waals surface area contributed by atoms with Gasteiger partial charge in [0.25, 0.3) is 0 Å². The van der Waals surface area contributed by atoms with Crippen molar-refractivity contribution in [3.63, 3.8) is 0 Å². The average molecular weight is 1480 g/mol. The Balaban J connectivity index is 1.03. The lowest BCUT2D eigenvalue weighted by atomic mass is 9.97. The molecule has 1 aromatic heterocycles. The Morgan fingerprint density at radius 3 is 1.14 bits per heavy atom. The van der Waals surface area contributed by atoms with E-state index in [0.717, 1.165) is 89.1 Å². The quantitative estimate of drug-likeness (QED) is 0.0337. The maximum absolute atomic E-state index is 7.54. The van der Waals surface area contributed by atoms with Gasteiger partial charge in [-0.1, -0.05) is 383 Å². The van der Waals surface area contributed by atoms with Crippen LogP contribution in [-0.2, 0) is 84.0 Å². The van der Waals surface area contributed by atoms with Crippen LogP contribution in [0.2, 0.25) is 0 Å². The van der Waals surface area contributed by atoms with E-state index in [1.54, 1.807) is 14.2 Å². The van der Waals surface area contributed by atoms with E-state index in [0.29, 0.717) is 33.0 Å². The Hall–Kier alpha value is -6.26. The van der Waals surface area contributed by atoms with Crippen LogP contribution in [0.4, 0.5) is 0 Å². The summed E-state index contributed by atoms with van der Waals surface area (Å²) in [5, 5.41) is 10.1. The van der Waals surface area contributed by atoms with E-state index in [-0.39, 0.29) is 19.8 Å². The van der Waals surface area contributed by atoms with Crippen molar-refractivity contribution in [1.29, 1.82) is 0 Å². The normalized spacial score (nSPS) is 16.7. The van der Waals surface area contributed by atoms with Gasteiger partial charge in [0.05, 0.1) is 78.9 Å². The molecule has 13 nitrogen and oxygen atoms in total. The van der Waals surface area contributed by atoms with Gasteiger partial charge in [-0.05, 0) is 76.9 Å². The lowest BCUT2D eigenvalue weighted by molar-refractivity contribution is -0.331. The third-order valence-electron chi connectivity index (χ3n) is 21.5. The first-order valence-corrected chi connectivity index (χ1v) is 42.7. The van der Waals surface area contributed by atoms with E-state index in [4.69, 9.17) is 57.7 Å². The van der Waals surface area contributed by atoms with Crippen LogP contribution in [0.15, 0.2) is 176 Å². The summed E-state index contributed by atoms with van der Waals surface area (Å²) in [5.41, 5.74) is 7.08. The van der Waals surface area contributed by atoms with E-state index in [9.17, 15) is 0 Å². The molecule has 0 spiro atoms. The number of rotatable bonds is 64. The van der Waals surface area contributed by atoms with Crippen LogP contribution in [0.5, 0.6) is 11.5 Å². The molecule has 6 aromatic carbocycles. The van der Waals surface area contributed by atoms with Crippen molar-refractivity contribution < 1.29 is 47.4 Å². The fourth-order valence-electron chi connectivity index (χ4n) is 14.9. The van der Waals surface area contributed by atoms with E-state index in [2.05, 4.69) is 92.8 Å². The van der Waals surface area contributed by atoms with Crippen molar-refractivity contribution in [2.45, 2.75) is 340 Å². The third-order valence-corrected chi connectivity index (χ3v) is 21.5. The zero-order valence-corrected chi connectivity index (χ0v) is 67.1. The molecule has 0 unspecified atom stereocenters. The van der Waals surface area contributed by atoms with Crippen molar-refractivity contribution in [1.82, 2.24) is 15.0 Å². The molecular formula is C95H139N3O10. The molecule has 108 heavy (non-hydrogen) atoms. The summed E-state index contributed by atoms with van der Waals surface area (Å²) in [4.78, 5) is 0. The molecular weight excluding hydrogens is 1340 g/mol. The lowest BCUT2D eigenvalue weighted by Gasteiger charge is -2.46. The van der Waals surface area contributed by atoms with Crippen LogP contribution < -0.4 is 9.47 Å². The minimum atomic E-state index is -0.993. The van der Waals surface area contributed by atoms with Crippen molar-refractivity contribution in [2.75, 3.05) is 27.4 Å². The number of methoxy groups -OCH3 is 2. The molecule has 1 aliphatic heterocycles. The van der Waals surface area contributed by atoms with E-state index in [1.807, 2.05) is 102 Å². The van der Waals surface area contributed by atoms with Crippen LogP contribution in [-0.4, -0.2) is 85.3 Å². The zero-order valence-electron chi connectivity index (χ0n) is 67.1. The van der Waals surface area contributed by atoms with Gasteiger partial charge < -0.3 is 47.4 Å². The number of nitrogens with zero attached hydrogens (tertiary/aromatic N) is 3. The van der Waals surface area contributed by atoms with Crippen LogP contribution in [0.25, 0.3) is 0 Å². The highest BCUT2D eigenvalue weighted by molar-refractivity contribution is 5.28. The maximum atomic E-state index is 7.54. The van der Waals surface area contributed by atoms with Gasteiger partial charge in [0.15, 0.2) is 6.29 Å². The zero-order chi connectivity index (χ0) is 75.2. The van der Waals surface area contributed by atoms with E-state index >= 15 is 0 Å². The van der Waals surface area contributed by atoms with Gasteiger partial charge in [0, 0.05) is 6.20 Å². The first kappa shape index (κ1) is 87.3. The highest BCUT2D eigenvalue weighted by Crippen LogP contribution is 2.35. The number of aromatic nitrogens is 3. The minimum Gasteiger partial charge on any atom is -0.497 e. The Morgan fingerprint density at radius 2 is 0.722 bits per heavy atom. The SMILES string of the molecule is CCCCCCCCCCCCCCCCCCCCCCCCCc1cn([C@@H](CO[C@H]2O[C@H](COCc3ccccc3)[C@H](OCc3ccccc3)[C@H](OCc3ccccc3)[C@H]2OCc2ccccc2)[C@H](OCc2ccc(OC)cc2)[C@@H](CCCCCCCCCCCCCC)OCc2ccc(OC)cc2)nn1. The number of unbranched alkanes of at least 4 members (excludes halogenated alkanes) is 33. The van der Waals surface area contributed by atoms with Crippen LogP contribution in [0, 0.1) is 0 Å². The predicted molar refractivity (Wildman–Crippen MR) is 439 cm³/mol. The minimum absolute atomic E-state index is 0.0881. The molecule has 0 N–H and O–H groups in total. The molecule has 0 amide bonds. The van der Waals surface area contributed by atoms with Crippen molar-refractivity contribution in [3.05, 3.63) is 215 Å². The first-order valence-electron chi connectivity index (χ1n) is 42.7. The summed E-state index contributed by atoms with van der Waals surface area (Å²) in [6.07, 6.45) is 45.2. The summed E-state index contributed by atoms with van der Waals surface area (Å²) in [6.45, 7) is 6.78. The van der Waals surface area contributed by atoms with Crippen molar-refractivity contribution in [3.8, 4) is 11.5 Å². The molecule has 0 bridgehead atoms. The smallest absolute Gasteiger partial charge is 0.187 e. The summed E-state index contributed by atoms with van der Waals surface area (Å²) in [6, 6.07) is 56.8. The largest absolute Gasteiger partial charge is 0.497 e. The molecule has 7 aromatic rings. The molecule has 2 heterocycles. The van der Waals surface area contributed by atoms with Gasteiger partial charge in [-0.25, -0.2) is 4.68 Å².